The van der Waals surface area contributed by atoms with Crippen molar-refractivity contribution in [1.82, 2.24) is 10.3 Å². The highest BCUT2D eigenvalue weighted by molar-refractivity contribution is 5.13. The molecule has 2 bridgehead atoms. The maximum atomic E-state index is 10.8. The maximum absolute atomic E-state index is 10.8. The lowest BCUT2D eigenvalue weighted by Crippen LogP contribution is -2.56. The molecular formula is C15H22N2O. The van der Waals surface area contributed by atoms with Gasteiger partial charge in [0.2, 0.25) is 0 Å². The molecule has 18 heavy (non-hydrogen) atoms. The van der Waals surface area contributed by atoms with E-state index in [1.54, 1.807) is 0 Å². The summed E-state index contributed by atoms with van der Waals surface area (Å²) < 4.78 is 0. The van der Waals surface area contributed by atoms with E-state index in [2.05, 4.69) is 10.3 Å². The van der Waals surface area contributed by atoms with Gasteiger partial charge in [-0.3, -0.25) is 4.98 Å². The summed E-state index contributed by atoms with van der Waals surface area (Å²) in [6.45, 7) is 2.00. The second-order valence-corrected chi connectivity index (χ2v) is 6.07. The molecule has 0 radical (unpaired) electrons. The van der Waals surface area contributed by atoms with E-state index >= 15 is 0 Å². The van der Waals surface area contributed by atoms with Crippen LogP contribution in [0.3, 0.4) is 0 Å². The summed E-state index contributed by atoms with van der Waals surface area (Å²) in [6.07, 6.45) is 6.17. The lowest BCUT2D eigenvalue weighted by Gasteiger charge is -2.45. The van der Waals surface area contributed by atoms with Crippen LogP contribution in [0.15, 0.2) is 18.2 Å². The van der Waals surface area contributed by atoms with Gasteiger partial charge in [0.05, 0.1) is 5.60 Å². The normalized spacial score (nSPS) is 35.4. The SMILES string of the molecule is Cc1cccc(CC2(O)CC3CCCC(C2)N3)n1. The monoisotopic (exact) mass is 246 g/mol. The topological polar surface area (TPSA) is 45.1 Å². The van der Waals surface area contributed by atoms with Gasteiger partial charge in [0.25, 0.3) is 0 Å². The molecule has 2 fully saturated rings. The fraction of sp³-hybridized carbons (Fsp3) is 0.667. The Hall–Kier alpha value is -0.930. The van der Waals surface area contributed by atoms with E-state index < -0.39 is 5.60 Å². The van der Waals surface area contributed by atoms with Crippen LogP contribution in [0.5, 0.6) is 0 Å². The minimum atomic E-state index is -0.554. The average Bonchev–Trinajstić information content (AvgIpc) is 2.27. The number of aliphatic hydroxyl groups is 1. The number of aryl methyl sites for hydroxylation is 1. The van der Waals surface area contributed by atoms with Crippen LogP contribution in [0.4, 0.5) is 0 Å². The summed E-state index contributed by atoms with van der Waals surface area (Å²) in [4.78, 5) is 4.53. The molecule has 2 N–H and O–H groups in total. The predicted molar refractivity (Wildman–Crippen MR) is 71.4 cm³/mol. The van der Waals surface area contributed by atoms with Gasteiger partial charge in [-0.25, -0.2) is 0 Å². The van der Waals surface area contributed by atoms with E-state index in [1.165, 1.54) is 19.3 Å². The summed E-state index contributed by atoms with van der Waals surface area (Å²) in [7, 11) is 0. The fourth-order valence-electron chi connectivity index (χ4n) is 3.61. The molecular weight excluding hydrogens is 224 g/mol. The van der Waals surface area contributed by atoms with E-state index in [-0.39, 0.29) is 0 Å². The zero-order chi connectivity index (χ0) is 12.6. The highest BCUT2D eigenvalue weighted by Gasteiger charge is 2.40. The van der Waals surface area contributed by atoms with E-state index in [0.717, 1.165) is 24.2 Å². The Balaban J connectivity index is 1.74. The van der Waals surface area contributed by atoms with Crippen molar-refractivity contribution in [3.63, 3.8) is 0 Å². The molecule has 0 amide bonds. The van der Waals surface area contributed by atoms with Gasteiger partial charge in [-0.2, -0.15) is 0 Å². The van der Waals surface area contributed by atoms with Gasteiger partial charge in [0.15, 0.2) is 0 Å². The Labute approximate surface area is 109 Å². The molecule has 1 aromatic heterocycles. The predicted octanol–water partition coefficient (Wildman–Crippen LogP) is 1.97. The molecule has 98 valence electrons. The Kier molecular flexibility index (Phi) is 3.12. The maximum Gasteiger partial charge on any atom is 0.0732 e. The number of nitrogens with one attached hydrogen (secondary N) is 1. The average molecular weight is 246 g/mol. The van der Waals surface area contributed by atoms with Gasteiger partial charge in [0.1, 0.15) is 0 Å². The third-order valence-corrected chi connectivity index (χ3v) is 4.29. The van der Waals surface area contributed by atoms with E-state index in [1.807, 2.05) is 25.1 Å². The number of rotatable bonds is 2. The third kappa shape index (κ3) is 2.57. The van der Waals surface area contributed by atoms with Crippen LogP contribution in [0.2, 0.25) is 0 Å². The summed E-state index contributed by atoms with van der Waals surface area (Å²) >= 11 is 0. The van der Waals surface area contributed by atoms with Crippen molar-refractivity contribution in [2.75, 3.05) is 0 Å². The van der Waals surface area contributed by atoms with E-state index in [4.69, 9.17) is 0 Å². The highest BCUT2D eigenvalue weighted by Crippen LogP contribution is 2.34. The molecule has 2 aliphatic rings. The quantitative estimate of drug-likeness (QED) is 0.838. The molecule has 0 saturated carbocycles. The highest BCUT2D eigenvalue weighted by atomic mass is 16.3. The number of fused-ring (bicyclic) bond motifs is 2. The summed E-state index contributed by atoms with van der Waals surface area (Å²) in [6, 6.07) is 7.08. The number of hydrogen-bond donors (Lipinski definition) is 2. The van der Waals surface area contributed by atoms with Crippen LogP contribution in [0.1, 0.15) is 43.5 Å². The lowest BCUT2D eigenvalue weighted by molar-refractivity contribution is -0.0309. The largest absolute Gasteiger partial charge is 0.389 e. The Morgan fingerprint density at radius 2 is 2.06 bits per heavy atom. The Morgan fingerprint density at radius 3 is 2.72 bits per heavy atom. The molecule has 0 aromatic carbocycles. The number of hydrogen-bond acceptors (Lipinski definition) is 3. The van der Waals surface area contributed by atoms with Crippen molar-refractivity contribution in [2.45, 2.75) is 63.1 Å². The van der Waals surface area contributed by atoms with Crippen LogP contribution < -0.4 is 5.32 Å². The first-order valence-electron chi connectivity index (χ1n) is 7.04. The molecule has 0 aliphatic carbocycles. The molecule has 2 unspecified atom stereocenters. The third-order valence-electron chi connectivity index (χ3n) is 4.29. The van der Waals surface area contributed by atoms with Crippen LogP contribution in [-0.4, -0.2) is 27.8 Å². The van der Waals surface area contributed by atoms with Crippen molar-refractivity contribution in [3.8, 4) is 0 Å². The van der Waals surface area contributed by atoms with Crippen LogP contribution in [0.25, 0.3) is 0 Å². The summed E-state index contributed by atoms with van der Waals surface area (Å²) in [5.74, 6) is 0. The van der Waals surface area contributed by atoms with Gasteiger partial charge < -0.3 is 10.4 Å². The van der Waals surface area contributed by atoms with Crippen molar-refractivity contribution in [2.24, 2.45) is 0 Å². The molecule has 3 heteroatoms. The number of pyridine rings is 1. The number of piperidine rings is 2. The molecule has 3 rings (SSSR count). The number of nitrogens with zero attached hydrogens (tertiary/aromatic N) is 1. The van der Waals surface area contributed by atoms with Crippen molar-refractivity contribution >= 4 is 0 Å². The zero-order valence-electron chi connectivity index (χ0n) is 11.0. The van der Waals surface area contributed by atoms with Gasteiger partial charge in [-0.15, -0.1) is 0 Å². The Morgan fingerprint density at radius 1 is 1.33 bits per heavy atom. The Bertz CT molecular complexity index is 420. The smallest absolute Gasteiger partial charge is 0.0732 e. The molecule has 2 saturated heterocycles. The van der Waals surface area contributed by atoms with E-state index in [9.17, 15) is 5.11 Å². The van der Waals surface area contributed by atoms with Gasteiger partial charge >= 0.3 is 0 Å². The second-order valence-electron chi connectivity index (χ2n) is 6.07. The van der Waals surface area contributed by atoms with Crippen LogP contribution in [-0.2, 0) is 6.42 Å². The lowest BCUT2D eigenvalue weighted by atomic mass is 9.75. The minimum Gasteiger partial charge on any atom is -0.389 e. The summed E-state index contributed by atoms with van der Waals surface area (Å²) in [5.41, 5.74) is 1.50. The van der Waals surface area contributed by atoms with Crippen LogP contribution in [0, 0.1) is 6.92 Å². The first-order valence-corrected chi connectivity index (χ1v) is 7.04. The first kappa shape index (κ1) is 12.1. The van der Waals surface area contributed by atoms with Gasteiger partial charge in [-0.1, -0.05) is 12.5 Å². The first-order chi connectivity index (χ1) is 8.63. The molecule has 0 spiro atoms. The van der Waals surface area contributed by atoms with Crippen molar-refractivity contribution in [1.29, 1.82) is 0 Å². The van der Waals surface area contributed by atoms with E-state index in [0.29, 0.717) is 18.5 Å². The van der Waals surface area contributed by atoms with Gasteiger partial charge in [-0.05, 0) is 44.7 Å². The fourth-order valence-corrected chi connectivity index (χ4v) is 3.61. The van der Waals surface area contributed by atoms with Crippen LogP contribution >= 0.6 is 0 Å². The molecule has 2 aliphatic heterocycles. The molecule has 3 heterocycles. The number of aromatic nitrogens is 1. The van der Waals surface area contributed by atoms with Crippen molar-refractivity contribution in [3.05, 3.63) is 29.6 Å². The molecule has 1 aromatic rings. The minimum absolute atomic E-state index is 0.507. The second kappa shape index (κ2) is 4.63. The van der Waals surface area contributed by atoms with Gasteiger partial charge in [0, 0.05) is 29.9 Å². The molecule has 3 nitrogen and oxygen atoms in total. The zero-order valence-corrected chi connectivity index (χ0v) is 11.0. The standard InChI is InChI=1S/C15H22N2O/c1-11-4-2-5-12(16-11)8-15(18)9-13-6-3-7-14(10-15)17-13/h2,4-5,13-14,17-18H,3,6-10H2,1H3. The summed E-state index contributed by atoms with van der Waals surface area (Å²) in [5, 5.41) is 14.5. The van der Waals surface area contributed by atoms with Crippen molar-refractivity contribution < 1.29 is 5.11 Å². The molecule has 2 atom stereocenters.